The predicted molar refractivity (Wildman–Crippen MR) is 65.0 cm³/mol. The molecule has 0 saturated carbocycles. The number of fused-ring (bicyclic) bond motifs is 3. The van der Waals surface area contributed by atoms with Crippen molar-refractivity contribution in [3.05, 3.63) is 43.1 Å². The van der Waals surface area contributed by atoms with E-state index < -0.39 is 11.3 Å². The highest BCUT2D eigenvalue weighted by Crippen LogP contribution is 2.29. The maximum atomic E-state index is 11.6. The molecule has 0 fully saturated rings. The van der Waals surface area contributed by atoms with E-state index in [0.29, 0.717) is 20.9 Å². The van der Waals surface area contributed by atoms with Gasteiger partial charge in [-0.2, -0.15) is 0 Å². The molecular formula is C10H4Cl2N2O3. The summed E-state index contributed by atoms with van der Waals surface area (Å²) in [6.45, 7) is 0. The van der Waals surface area contributed by atoms with E-state index in [4.69, 9.17) is 27.6 Å². The molecule has 5 nitrogen and oxygen atoms in total. The Bertz CT molecular complexity index is 859. The lowest BCUT2D eigenvalue weighted by molar-refractivity contribution is 0.558. The van der Waals surface area contributed by atoms with Crippen molar-refractivity contribution < 1.29 is 4.42 Å². The van der Waals surface area contributed by atoms with Crippen LogP contribution in [0.25, 0.3) is 22.0 Å². The van der Waals surface area contributed by atoms with Gasteiger partial charge in [0.1, 0.15) is 0 Å². The van der Waals surface area contributed by atoms with Crippen LogP contribution in [0, 0.1) is 0 Å². The first kappa shape index (κ1) is 10.4. The fourth-order valence-electron chi connectivity index (χ4n) is 1.70. The summed E-state index contributed by atoms with van der Waals surface area (Å²) >= 11 is 11.7. The van der Waals surface area contributed by atoms with Gasteiger partial charge < -0.3 is 9.40 Å². The molecule has 86 valence electrons. The Kier molecular flexibility index (Phi) is 2.08. The van der Waals surface area contributed by atoms with Gasteiger partial charge in [-0.25, -0.2) is 4.79 Å². The Morgan fingerprint density at radius 3 is 2.53 bits per heavy atom. The van der Waals surface area contributed by atoms with Crippen LogP contribution in [0.3, 0.4) is 0 Å². The van der Waals surface area contributed by atoms with E-state index in [-0.39, 0.29) is 11.1 Å². The zero-order chi connectivity index (χ0) is 12.2. The van der Waals surface area contributed by atoms with Gasteiger partial charge in [-0.1, -0.05) is 23.2 Å². The average molecular weight is 271 g/mol. The van der Waals surface area contributed by atoms with Gasteiger partial charge in [-0.15, -0.1) is 0 Å². The number of aromatic nitrogens is 2. The predicted octanol–water partition coefficient (Wildman–Crippen LogP) is 2.27. The summed E-state index contributed by atoms with van der Waals surface area (Å²) in [6.07, 6.45) is 0. The van der Waals surface area contributed by atoms with E-state index >= 15 is 0 Å². The van der Waals surface area contributed by atoms with Crippen molar-refractivity contribution >= 4 is 45.2 Å². The first-order valence-corrected chi connectivity index (χ1v) is 5.36. The number of aromatic amines is 2. The van der Waals surface area contributed by atoms with Crippen LogP contribution < -0.4 is 11.3 Å². The summed E-state index contributed by atoms with van der Waals surface area (Å²) < 4.78 is 4.92. The molecule has 0 aliphatic carbocycles. The van der Waals surface area contributed by atoms with Crippen LogP contribution in [0.4, 0.5) is 0 Å². The molecule has 2 heterocycles. The van der Waals surface area contributed by atoms with E-state index in [0.717, 1.165) is 0 Å². The third-order valence-corrected chi connectivity index (χ3v) is 3.15. The van der Waals surface area contributed by atoms with Crippen LogP contribution in [-0.2, 0) is 0 Å². The van der Waals surface area contributed by atoms with Crippen molar-refractivity contribution in [2.45, 2.75) is 0 Å². The van der Waals surface area contributed by atoms with Crippen LogP contribution in [0.5, 0.6) is 0 Å². The van der Waals surface area contributed by atoms with Gasteiger partial charge in [0.25, 0.3) is 5.56 Å². The third kappa shape index (κ3) is 1.47. The van der Waals surface area contributed by atoms with E-state index in [1.807, 2.05) is 0 Å². The first-order valence-electron chi connectivity index (χ1n) is 4.60. The number of pyridine rings is 1. The largest absolute Gasteiger partial charge is 0.417 e. The lowest BCUT2D eigenvalue weighted by Crippen LogP contribution is -2.07. The Hall–Kier alpha value is -1.72. The van der Waals surface area contributed by atoms with E-state index in [9.17, 15) is 9.59 Å². The molecule has 0 aliphatic rings. The minimum Gasteiger partial charge on any atom is -0.407 e. The number of hydrogen-bond acceptors (Lipinski definition) is 3. The lowest BCUT2D eigenvalue weighted by atomic mass is 10.2. The van der Waals surface area contributed by atoms with Crippen LogP contribution in [-0.4, -0.2) is 9.97 Å². The van der Waals surface area contributed by atoms with Crippen molar-refractivity contribution in [2.75, 3.05) is 0 Å². The second-order valence-corrected chi connectivity index (χ2v) is 4.30. The summed E-state index contributed by atoms with van der Waals surface area (Å²) in [6, 6.07) is 3.04. The highest BCUT2D eigenvalue weighted by Gasteiger charge is 2.12. The maximum Gasteiger partial charge on any atom is 0.417 e. The third-order valence-electron chi connectivity index (χ3n) is 2.43. The molecule has 0 spiro atoms. The van der Waals surface area contributed by atoms with Gasteiger partial charge >= 0.3 is 5.76 Å². The highest BCUT2D eigenvalue weighted by atomic mass is 35.5. The van der Waals surface area contributed by atoms with E-state index in [2.05, 4.69) is 9.97 Å². The van der Waals surface area contributed by atoms with Crippen molar-refractivity contribution in [2.24, 2.45) is 0 Å². The molecular weight excluding hydrogens is 267 g/mol. The van der Waals surface area contributed by atoms with Crippen LogP contribution in [0.15, 0.2) is 26.1 Å². The minimum absolute atomic E-state index is 0.0842. The number of oxazole rings is 1. The van der Waals surface area contributed by atoms with Gasteiger partial charge in [-0.3, -0.25) is 9.78 Å². The molecule has 0 aliphatic heterocycles. The van der Waals surface area contributed by atoms with Crippen molar-refractivity contribution in [1.82, 2.24) is 9.97 Å². The van der Waals surface area contributed by atoms with Gasteiger partial charge in [0, 0.05) is 5.39 Å². The second kappa shape index (κ2) is 3.38. The van der Waals surface area contributed by atoms with Crippen LogP contribution in [0.1, 0.15) is 0 Å². The fourth-order valence-corrected chi connectivity index (χ4v) is 2.03. The van der Waals surface area contributed by atoms with Crippen molar-refractivity contribution in [3.8, 4) is 0 Å². The maximum absolute atomic E-state index is 11.6. The lowest BCUT2D eigenvalue weighted by Gasteiger charge is -2.00. The number of rotatable bonds is 0. The SMILES string of the molecule is O=c1[nH]c2c(=O)[nH]c3cc(Cl)c(Cl)cc3c2o1. The van der Waals surface area contributed by atoms with E-state index in [1.54, 1.807) is 0 Å². The molecule has 3 rings (SSSR count). The standard InChI is InChI=1S/C10H4Cl2N2O3/c11-4-1-3-6(2-5(4)12)13-9(15)7-8(3)17-10(16)14-7/h1-2H,(H,13,15)(H,14,16). The van der Waals surface area contributed by atoms with Gasteiger partial charge in [0.2, 0.25) is 0 Å². The molecule has 3 aromatic rings. The molecule has 0 radical (unpaired) electrons. The summed E-state index contributed by atoms with van der Waals surface area (Å²) in [7, 11) is 0. The molecule has 0 saturated heterocycles. The van der Waals surface area contributed by atoms with Crippen LogP contribution in [0.2, 0.25) is 10.0 Å². The fraction of sp³-hybridized carbons (Fsp3) is 0. The first-order chi connectivity index (χ1) is 8.06. The molecule has 2 N–H and O–H groups in total. The van der Waals surface area contributed by atoms with Crippen molar-refractivity contribution in [3.63, 3.8) is 0 Å². The second-order valence-electron chi connectivity index (χ2n) is 3.48. The Morgan fingerprint density at radius 1 is 1.06 bits per heavy atom. The molecule has 1 aromatic carbocycles. The molecule has 0 amide bonds. The van der Waals surface area contributed by atoms with Crippen molar-refractivity contribution in [1.29, 1.82) is 0 Å². The Labute approximate surface area is 103 Å². The number of H-pyrrole nitrogens is 2. The van der Waals surface area contributed by atoms with Crippen LogP contribution >= 0.6 is 23.2 Å². The van der Waals surface area contributed by atoms with Gasteiger partial charge in [0.05, 0.1) is 15.6 Å². The quantitative estimate of drug-likeness (QED) is 0.658. The smallest absolute Gasteiger partial charge is 0.407 e. The molecule has 17 heavy (non-hydrogen) atoms. The average Bonchev–Trinajstić information content (AvgIpc) is 2.64. The molecule has 0 bridgehead atoms. The number of hydrogen-bond donors (Lipinski definition) is 2. The normalized spacial score (nSPS) is 11.4. The summed E-state index contributed by atoms with van der Waals surface area (Å²) in [5, 5.41) is 1.15. The summed E-state index contributed by atoms with van der Waals surface area (Å²) in [5.74, 6) is -0.691. The zero-order valence-corrected chi connectivity index (χ0v) is 9.65. The number of halogens is 2. The molecule has 0 atom stereocenters. The summed E-state index contributed by atoms with van der Waals surface area (Å²) in [4.78, 5) is 27.6. The Balaban J connectivity index is 2.67. The molecule has 2 aromatic heterocycles. The topological polar surface area (TPSA) is 78.9 Å². The minimum atomic E-state index is -0.691. The Morgan fingerprint density at radius 2 is 1.76 bits per heavy atom. The monoisotopic (exact) mass is 270 g/mol. The highest BCUT2D eigenvalue weighted by molar-refractivity contribution is 6.43. The number of benzene rings is 1. The molecule has 7 heteroatoms. The summed E-state index contributed by atoms with van der Waals surface area (Å²) in [5.41, 5.74) is 0.268. The molecule has 0 unspecified atom stereocenters. The van der Waals surface area contributed by atoms with Gasteiger partial charge in [0.15, 0.2) is 11.1 Å². The zero-order valence-electron chi connectivity index (χ0n) is 8.14. The van der Waals surface area contributed by atoms with Gasteiger partial charge in [-0.05, 0) is 12.1 Å². The van der Waals surface area contributed by atoms with E-state index in [1.165, 1.54) is 12.1 Å². The number of nitrogens with one attached hydrogen (secondary N) is 2.